The highest BCUT2D eigenvalue weighted by Gasteiger charge is 2.18. The summed E-state index contributed by atoms with van der Waals surface area (Å²) in [6.07, 6.45) is -0.905. The van der Waals surface area contributed by atoms with Gasteiger partial charge in [-0.25, -0.2) is 13.6 Å². The standard InChI is InChI=1S/C18H17F2NO4/c1-11-4-3-5-14(8-11)25-12(2)18(23)24-10-17(22)21-13-6-7-15(19)16(20)9-13/h3-9,12H,10H2,1-2H3,(H,21,22)/t12-/m1/s1. The van der Waals surface area contributed by atoms with Gasteiger partial charge in [0.2, 0.25) is 0 Å². The fraction of sp³-hybridized carbons (Fsp3) is 0.222. The van der Waals surface area contributed by atoms with Crippen LogP contribution in [0, 0.1) is 18.6 Å². The molecule has 0 spiro atoms. The van der Waals surface area contributed by atoms with E-state index in [0.29, 0.717) is 5.75 Å². The topological polar surface area (TPSA) is 64.6 Å². The molecule has 0 aliphatic carbocycles. The van der Waals surface area contributed by atoms with Crippen LogP contribution in [0.3, 0.4) is 0 Å². The van der Waals surface area contributed by atoms with Crippen molar-refractivity contribution >= 4 is 17.6 Å². The summed E-state index contributed by atoms with van der Waals surface area (Å²) in [4.78, 5) is 23.5. The fourth-order valence-electron chi connectivity index (χ4n) is 1.97. The number of carbonyl (C=O) groups is 2. The molecule has 0 bridgehead atoms. The van der Waals surface area contributed by atoms with Gasteiger partial charge < -0.3 is 14.8 Å². The van der Waals surface area contributed by atoms with E-state index in [1.807, 2.05) is 13.0 Å². The van der Waals surface area contributed by atoms with Crippen LogP contribution < -0.4 is 10.1 Å². The average Bonchev–Trinajstić information content (AvgIpc) is 2.56. The van der Waals surface area contributed by atoms with E-state index in [1.54, 1.807) is 18.2 Å². The van der Waals surface area contributed by atoms with Crippen molar-refractivity contribution in [1.29, 1.82) is 0 Å². The highest BCUT2D eigenvalue weighted by molar-refractivity contribution is 5.93. The maximum atomic E-state index is 13.1. The summed E-state index contributed by atoms with van der Waals surface area (Å²) in [6, 6.07) is 10.1. The molecule has 0 saturated heterocycles. The molecule has 1 atom stereocenters. The fourth-order valence-corrected chi connectivity index (χ4v) is 1.97. The van der Waals surface area contributed by atoms with Gasteiger partial charge in [-0.15, -0.1) is 0 Å². The molecule has 0 fully saturated rings. The Kier molecular flexibility index (Phi) is 6.05. The lowest BCUT2D eigenvalue weighted by Gasteiger charge is -2.14. The predicted molar refractivity (Wildman–Crippen MR) is 87.2 cm³/mol. The minimum Gasteiger partial charge on any atom is -0.479 e. The van der Waals surface area contributed by atoms with Crippen molar-refractivity contribution in [3.05, 3.63) is 59.7 Å². The Balaban J connectivity index is 1.82. The second-order valence-corrected chi connectivity index (χ2v) is 5.36. The summed E-state index contributed by atoms with van der Waals surface area (Å²) in [6.45, 7) is 2.82. The number of hydrogen-bond acceptors (Lipinski definition) is 4. The maximum absolute atomic E-state index is 13.1. The van der Waals surface area contributed by atoms with Gasteiger partial charge in [0.15, 0.2) is 24.3 Å². The molecular formula is C18H17F2NO4. The third-order valence-electron chi connectivity index (χ3n) is 3.18. The molecule has 5 nitrogen and oxygen atoms in total. The van der Waals surface area contributed by atoms with Gasteiger partial charge >= 0.3 is 5.97 Å². The number of esters is 1. The monoisotopic (exact) mass is 349 g/mol. The summed E-state index contributed by atoms with van der Waals surface area (Å²) >= 11 is 0. The molecule has 0 aliphatic heterocycles. The number of aryl methyl sites for hydroxylation is 1. The van der Waals surface area contributed by atoms with E-state index in [4.69, 9.17) is 9.47 Å². The van der Waals surface area contributed by atoms with Gasteiger partial charge in [-0.3, -0.25) is 4.79 Å². The van der Waals surface area contributed by atoms with Crippen LogP contribution in [0.15, 0.2) is 42.5 Å². The lowest BCUT2D eigenvalue weighted by Crippen LogP contribution is -2.29. The molecule has 25 heavy (non-hydrogen) atoms. The first-order valence-electron chi connectivity index (χ1n) is 7.50. The van der Waals surface area contributed by atoms with E-state index in [0.717, 1.165) is 17.7 Å². The van der Waals surface area contributed by atoms with Crippen LogP contribution in [0.5, 0.6) is 5.75 Å². The molecule has 0 aromatic heterocycles. The number of halogens is 2. The molecule has 0 radical (unpaired) electrons. The molecular weight excluding hydrogens is 332 g/mol. The number of amides is 1. The largest absolute Gasteiger partial charge is 0.479 e. The average molecular weight is 349 g/mol. The van der Waals surface area contributed by atoms with Crippen molar-refractivity contribution in [3.8, 4) is 5.75 Å². The Bertz CT molecular complexity index is 779. The molecule has 0 heterocycles. The minimum atomic E-state index is -1.09. The Labute approximate surface area is 143 Å². The minimum absolute atomic E-state index is 0.0593. The Morgan fingerprint density at radius 2 is 1.88 bits per heavy atom. The van der Waals surface area contributed by atoms with Gasteiger partial charge in [0.25, 0.3) is 5.91 Å². The third kappa shape index (κ3) is 5.56. The summed E-state index contributed by atoms with van der Waals surface area (Å²) in [5.74, 6) is -3.00. The zero-order chi connectivity index (χ0) is 18.4. The van der Waals surface area contributed by atoms with Gasteiger partial charge in [0, 0.05) is 11.8 Å². The molecule has 2 aromatic carbocycles. The van der Waals surface area contributed by atoms with Crippen LogP contribution in [0.25, 0.3) is 0 Å². The highest BCUT2D eigenvalue weighted by atomic mass is 19.2. The van der Waals surface area contributed by atoms with Crippen molar-refractivity contribution in [2.24, 2.45) is 0 Å². The Morgan fingerprint density at radius 1 is 1.12 bits per heavy atom. The molecule has 2 rings (SSSR count). The van der Waals surface area contributed by atoms with Gasteiger partial charge in [-0.05, 0) is 43.7 Å². The molecule has 1 N–H and O–H groups in total. The summed E-state index contributed by atoms with van der Waals surface area (Å²) in [5, 5.41) is 2.30. The highest BCUT2D eigenvalue weighted by Crippen LogP contribution is 2.15. The second-order valence-electron chi connectivity index (χ2n) is 5.36. The van der Waals surface area contributed by atoms with Crippen LogP contribution in [0.1, 0.15) is 12.5 Å². The van der Waals surface area contributed by atoms with Gasteiger partial charge in [-0.1, -0.05) is 12.1 Å². The third-order valence-corrected chi connectivity index (χ3v) is 3.18. The SMILES string of the molecule is Cc1cccc(O[C@H](C)C(=O)OCC(=O)Nc2ccc(F)c(F)c2)c1. The normalized spacial score (nSPS) is 11.5. The van der Waals surface area contributed by atoms with Crippen molar-refractivity contribution in [2.45, 2.75) is 20.0 Å². The van der Waals surface area contributed by atoms with Gasteiger partial charge in [0.05, 0.1) is 0 Å². The smallest absolute Gasteiger partial charge is 0.347 e. The van der Waals surface area contributed by atoms with Crippen LogP contribution in [0.4, 0.5) is 14.5 Å². The molecule has 0 aliphatic rings. The number of benzene rings is 2. The van der Waals surface area contributed by atoms with Crippen molar-refractivity contribution in [3.63, 3.8) is 0 Å². The first kappa shape index (κ1) is 18.4. The van der Waals surface area contributed by atoms with Gasteiger partial charge in [0.1, 0.15) is 5.75 Å². The number of anilines is 1. The van der Waals surface area contributed by atoms with E-state index in [-0.39, 0.29) is 5.69 Å². The Hall–Kier alpha value is -2.96. The first-order valence-corrected chi connectivity index (χ1v) is 7.50. The number of rotatable bonds is 6. The molecule has 1 amide bonds. The maximum Gasteiger partial charge on any atom is 0.347 e. The number of ether oxygens (including phenoxy) is 2. The van der Waals surface area contributed by atoms with E-state index in [1.165, 1.54) is 13.0 Å². The van der Waals surface area contributed by atoms with Crippen LogP contribution >= 0.6 is 0 Å². The van der Waals surface area contributed by atoms with Crippen LogP contribution in [-0.4, -0.2) is 24.6 Å². The van der Waals surface area contributed by atoms with E-state index >= 15 is 0 Å². The summed E-state index contributed by atoms with van der Waals surface area (Å²) in [7, 11) is 0. The summed E-state index contributed by atoms with van der Waals surface area (Å²) < 4.78 is 36.2. The number of hydrogen-bond donors (Lipinski definition) is 1. The second kappa shape index (κ2) is 8.23. The van der Waals surface area contributed by atoms with Gasteiger partial charge in [-0.2, -0.15) is 0 Å². The quantitative estimate of drug-likeness (QED) is 0.814. The number of nitrogens with one attached hydrogen (secondary N) is 1. The molecule has 0 unspecified atom stereocenters. The Morgan fingerprint density at radius 3 is 2.56 bits per heavy atom. The predicted octanol–water partition coefficient (Wildman–Crippen LogP) is 3.22. The molecule has 132 valence electrons. The van der Waals surface area contributed by atoms with Crippen molar-refractivity contribution < 1.29 is 27.8 Å². The molecule has 0 saturated carbocycles. The van der Waals surface area contributed by atoms with E-state index in [2.05, 4.69) is 5.32 Å². The summed E-state index contributed by atoms with van der Waals surface area (Å²) in [5.41, 5.74) is 1.04. The van der Waals surface area contributed by atoms with E-state index in [9.17, 15) is 18.4 Å². The van der Waals surface area contributed by atoms with E-state index < -0.39 is 36.2 Å². The lowest BCUT2D eigenvalue weighted by atomic mass is 10.2. The van der Waals surface area contributed by atoms with Crippen molar-refractivity contribution in [1.82, 2.24) is 0 Å². The van der Waals surface area contributed by atoms with Crippen LogP contribution in [-0.2, 0) is 14.3 Å². The number of carbonyl (C=O) groups excluding carboxylic acids is 2. The zero-order valence-electron chi connectivity index (χ0n) is 13.7. The first-order chi connectivity index (χ1) is 11.8. The molecule has 7 heteroatoms. The molecule has 2 aromatic rings. The zero-order valence-corrected chi connectivity index (χ0v) is 13.7. The van der Waals surface area contributed by atoms with Crippen molar-refractivity contribution in [2.75, 3.05) is 11.9 Å². The van der Waals surface area contributed by atoms with Crippen LogP contribution in [0.2, 0.25) is 0 Å². The lowest BCUT2D eigenvalue weighted by molar-refractivity contribution is -0.153.